The molecule has 2 aromatic rings. The first-order chi connectivity index (χ1) is 9.04. The second-order valence-corrected chi connectivity index (χ2v) is 6.59. The Hall–Kier alpha value is -0.740. The number of nitrogens with two attached hydrogens (primary N) is 1. The Morgan fingerprint density at radius 1 is 1.26 bits per heavy atom. The summed E-state index contributed by atoms with van der Waals surface area (Å²) in [6.07, 6.45) is 0.651. The zero-order valence-electron chi connectivity index (χ0n) is 10.5. The summed E-state index contributed by atoms with van der Waals surface area (Å²) in [6.45, 7) is 1.96. The maximum absolute atomic E-state index is 6.15. The molecule has 0 spiro atoms. The molecule has 1 aromatic carbocycles. The molecule has 1 aromatic heterocycles. The van der Waals surface area contributed by atoms with Crippen molar-refractivity contribution in [1.82, 2.24) is 0 Å². The van der Waals surface area contributed by atoms with Crippen LogP contribution in [0.1, 0.15) is 11.8 Å². The summed E-state index contributed by atoms with van der Waals surface area (Å²) in [5, 5.41) is 0.656. The molecular weight excluding hydrogens is 301 g/mol. The van der Waals surface area contributed by atoms with Crippen molar-refractivity contribution >= 4 is 34.5 Å². The normalized spacial score (nSPS) is 14.1. The summed E-state index contributed by atoms with van der Waals surface area (Å²) < 4.78 is 6.58. The van der Waals surface area contributed by atoms with Gasteiger partial charge in [-0.15, -0.1) is 11.3 Å². The number of benzene rings is 1. The molecule has 2 nitrogen and oxygen atoms in total. The van der Waals surface area contributed by atoms with E-state index in [2.05, 4.69) is 0 Å². The minimum Gasteiger partial charge on any atom is -0.489 e. The smallest absolute Gasteiger partial charge is 0.121 e. The van der Waals surface area contributed by atoms with Crippen LogP contribution in [0.5, 0.6) is 5.75 Å². The van der Waals surface area contributed by atoms with Crippen molar-refractivity contribution in [2.75, 3.05) is 0 Å². The zero-order chi connectivity index (χ0) is 13.8. The number of ether oxygens (including phenoxy) is 1. The molecule has 0 aliphatic rings. The number of rotatable bonds is 5. The summed E-state index contributed by atoms with van der Waals surface area (Å²) in [5.41, 5.74) is 6.15. The van der Waals surface area contributed by atoms with Gasteiger partial charge in [-0.25, -0.2) is 0 Å². The fourth-order valence-electron chi connectivity index (χ4n) is 1.70. The zero-order valence-corrected chi connectivity index (χ0v) is 12.8. The lowest BCUT2D eigenvalue weighted by Crippen LogP contribution is -2.38. The number of halogens is 2. The Kier molecular flexibility index (Phi) is 5.11. The number of thiophene rings is 1. The third-order valence-electron chi connectivity index (χ3n) is 2.79. The van der Waals surface area contributed by atoms with Crippen LogP contribution in [0.25, 0.3) is 0 Å². The van der Waals surface area contributed by atoms with Crippen molar-refractivity contribution in [2.45, 2.75) is 25.5 Å². The average molecular weight is 316 g/mol. The standard InChI is InChI=1S/C14H15Cl2NOS/c1-9(18-11-4-2-3-10(15)7-11)13(17)8-12-5-6-14(16)19-12/h2-7,9,13H,8,17H2,1H3. The van der Waals surface area contributed by atoms with E-state index in [9.17, 15) is 0 Å². The van der Waals surface area contributed by atoms with Gasteiger partial charge in [0.25, 0.3) is 0 Å². The maximum Gasteiger partial charge on any atom is 0.121 e. The van der Waals surface area contributed by atoms with E-state index in [1.807, 2.05) is 37.3 Å². The van der Waals surface area contributed by atoms with Crippen LogP contribution in [0, 0.1) is 0 Å². The van der Waals surface area contributed by atoms with Crippen molar-refractivity contribution < 1.29 is 4.74 Å². The van der Waals surface area contributed by atoms with E-state index in [-0.39, 0.29) is 12.1 Å². The van der Waals surface area contributed by atoms with Crippen molar-refractivity contribution in [1.29, 1.82) is 0 Å². The van der Waals surface area contributed by atoms with Gasteiger partial charge in [0, 0.05) is 22.4 Å². The summed E-state index contributed by atoms with van der Waals surface area (Å²) in [6, 6.07) is 11.1. The van der Waals surface area contributed by atoms with E-state index in [0.717, 1.165) is 16.5 Å². The first-order valence-electron chi connectivity index (χ1n) is 5.96. The molecule has 0 radical (unpaired) electrons. The molecule has 0 bridgehead atoms. The molecule has 0 saturated carbocycles. The van der Waals surface area contributed by atoms with E-state index in [0.29, 0.717) is 5.02 Å². The Labute approximate surface area is 127 Å². The molecule has 2 N–H and O–H groups in total. The van der Waals surface area contributed by atoms with Crippen LogP contribution in [0.4, 0.5) is 0 Å². The van der Waals surface area contributed by atoms with E-state index >= 15 is 0 Å². The van der Waals surface area contributed by atoms with Crippen molar-refractivity contribution in [2.24, 2.45) is 5.73 Å². The second kappa shape index (κ2) is 6.62. The lowest BCUT2D eigenvalue weighted by atomic mass is 10.1. The maximum atomic E-state index is 6.15. The molecule has 2 unspecified atom stereocenters. The molecule has 0 fully saturated rings. The molecule has 102 valence electrons. The average Bonchev–Trinajstić information content (AvgIpc) is 2.74. The lowest BCUT2D eigenvalue weighted by molar-refractivity contribution is 0.189. The fourth-order valence-corrected chi connectivity index (χ4v) is 3.04. The predicted molar refractivity (Wildman–Crippen MR) is 82.6 cm³/mol. The van der Waals surface area contributed by atoms with E-state index in [1.165, 1.54) is 4.88 Å². The van der Waals surface area contributed by atoms with Crippen LogP contribution in [-0.2, 0) is 6.42 Å². The highest BCUT2D eigenvalue weighted by Gasteiger charge is 2.16. The fraction of sp³-hybridized carbons (Fsp3) is 0.286. The van der Waals surface area contributed by atoms with Crippen molar-refractivity contribution in [3.63, 3.8) is 0 Å². The van der Waals surface area contributed by atoms with Gasteiger partial charge in [0.15, 0.2) is 0 Å². The van der Waals surface area contributed by atoms with Crippen LogP contribution >= 0.6 is 34.5 Å². The van der Waals surface area contributed by atoms with Crippen LogP contribution < -0.4 is 10.5 Å². The highest BCUT2D eigenvalue weighted by atomic mass is 35.5. The molecule has 0 saturated heterocycles. The van der Waals surface area contributed by atoms with Crippen LogP contribution in [0.3, 0.4) is 0 Å². The SMILES string of the molecule is CC(Oc1cccc(Cl)c1)C(N)Cc1ccc(Cl)s1. The largest absolute Gasteiger partial charge is 0.489 e. The third-order valence-corrected chi connectivity index (χ3v) is 4.28. The van der Waals surface area contributed by atoms with E-state index in [1.54, 1.807) is 17.4 Å². The highest BCUT2D eigenvalue weighted by Crippen LogP contribution is 2.24. The molecule has 0 amide bonds. The van der Waals surface area contributed by atoms with Crippen LogP contribution in [0.15, 0.2) is 36.4 Å². The molecule has 19 heavy (non-hydrogen) atoms. The number of hydrogen-bond donors (Lipinski definition) is 1. The molecule has 0 aliphatic carbocycles. The van der Waals surface area contributed by atoms with Crippen LogP contribution in [-0.4, -0.2) is 12.1 Å². The van der Waals surface area contributed by atoms with Crippen molar-refractivity contribution in [3.8, 4) is 5.75 Å². The number of hydrogen-bond acceptors (Lipinski definition) is 3. The van der Waals surface area contributed by atoms with Gasteiger partial charge in [0.2, 0.25) is 0 Å². The van der Waals surface area contributed by atoms with Gasteiger partial charge in [-0.2, -0.15) is 0 Å². The minimum atomic E-state index is -0.0978. The van der Waals surface area contributed by atoms with Gasteiger partial charge in [0.1, 0.15) is 11.9 Å². The quantitative estimate of drug-likeness (QED) is 0.888. The Bertz CT molecular complexity index is 544. The van der Waals surface area contributed by atoms with Gasteiger partial charge in [-0.3, -0.25) is 0 Å². The molecular formula is C14H15Cl2NOS. The van der Waals surface area contributed by atoms with Gasteiger partial charge in [-0.05, 0) is 37.3 Å². The summed E-state index contributed by atoms with van der Waals surface area (Å²) in [7, 11) is 0. The Balaban J connectivity index is 1.93. The second-order valence-electron chi connectivity index (χ2n) is 4.35. The highest BCUT2D eigenvalue weighted by molar-refractivity contribution is 7.16. The first kappa shape index (κ1) is 14.7. The first-order valence-corrected chi connectivity index (χ1v) is 7.54. The van der Waals surface area contributed by atoms with Gasteiger partial charge >= 0.3 is 0 Å². The topological polar surface area (TPSA) is 35.2 Å². The minimum absolute atomic E-state index is 0.0892. The van der Waals surface area contributed by atoms with Crippen LogP contribution in [0.2, 0.25) is 9.36 Å². The van der Waals surface area contributed by atoms with Gasteiger partial charge in [0.05, 0.1) is 4.34 Å². The molecule has 0 aliphatic heterocycles. The van der Waals surface area contributed by atoms with E-state index < -0.39 is 0 Å². The Morgan fingerprint density at radius 3 is 2.68 bits per heavy atom. The van der Waals surface area contributed by atoms with E-state index in [4.69, 9.17) is 33.7 Å². The lowest BCUT2D eigenvalue weighted by Gasteiger charge is -2.21. The van der Waals surface area contributed by atoms with Crippen molar-refractivity contribution in [3.05, 3.63) is 50.6 Å². The van der Waals surface area contributed by atoms with Gasteiger partial charge < -0.3 is 10.5 Å². The summed E-state index contributed by atoms with van der Waals surface area (Å²) in [4.78, 5) is 1.17. The molecule has 5 heteroatoms. The summed E-state index contributed by atoms with van der Waals surface area (Å²) in [5.74, 6) is 0.736. The summed E-state index contributed by atoms with van der Waals surface area (Å²) >= 11 is 13.4. The third kappa shape index (κ3) is 4.39. The van der Waals surface area contributed by atoms with Gasteiger partial charge in [-0.1, -0.05) is 29.3 Å². The Morgan fingerprint density at radius 2 is 2.05 bits per heavy atom. The predicted octanol–water partition coefficient (Wildman–Crippen LogP) is 4.39. The molecule has 1 heterocycles. The molecule has 2 rings (SSSR count). The monoisotopic (exact) mass is 315 g/mol. The molecule has 2 atom stereocenters.